The Labute approximate surface area is 165 Å². The molecule has 2 aliphatic heterocycles. The third-order valence-electron chi connectivity index (χ3n) is 7.26. The Morgan fingerprint density at radius 2 is 2.04 bits per heavy atom. The van der Waals surface area contributed by atoms with Gasteiger partial charge in [0.15, 0.2) is 0 Å². The van der Waals surface area contributed by atoms with Crippen molar-refractivity contribution in [1.82, 2.24) is 14.5 Å². The second kappa shape index (κ2) is 5.91. The SMILES string of the molecule is Cc1ccc2c(c1)c1c(n2CC(O)c2ccncc2)C2(CC2)CN2CCCC12. The molecule has 4 nitrogen and oxygen atoms in total. The van der Waals surface area contributed by atoms with E-state index in [0.717, 1.165) is 5.56 Å². The molecule has 2 atom stereocenters. The number of pyridine rings is 1. The van der Waals surface area contributed by atoms with Crippen LogP contribution in [0.15, 0.2) is 42.7 Å². The van der Waals surface area contributed by atoms with Gasteiger partial charge in [0.2, 0.25) is 0 Å². The summed E-state index contributed by atoms with van der Waals surface area (Å²) in [5.74, 6) is 0. The quantitative estimate of drug-likeness (QED) is 0.746. The molecule has 0 bridgehead atoms. The predicted octanol–water partition coefficient (Wildman–Crippen LogP) is 4.26. The summed E-state index contributed by atoms with van der Waals surface area (Å²) in [6.07, 6.45) is 8.16. The van der Waals surface area contributed by atoms with Crippen LogP contribution in [0.3, 0.4) is 0 Å². The summed E-state index contributed by atoms with van der Waals surface area (Å²) in [5.41, 5.74) is 6.97. The largest absolute Gasteiger partial charge is 0.387 e. The minimum absolute atomic E-state index is 0.307. The van der Waals surface area contributed by atoms with Gasteiger partial charge in [0.1, 0.15) is 0 Å². The molecule has 1 N–H and O–H groups in total. The molecule has 6 rings (SSSR count). The molecule has 1 saturated carbocycles. The maximum atomic E-state index is 11.0. The van der Waals surface area contributed by atoms with Crippen LogP contribution < -0.4 is 0 Å². The van der Waals surface area contributed by atoms with Gasteiger partial charge in [-0.3, -0.25) is 9.88 Å². The highest BCUT2D eigenvalue weighted by Crippen LogP contribution is 2.59. The van der Waals surface area contributed by atoms with Crippen LogP contribution in [0, 0.1) is 6.92 Å². The summed E-state index contributed by atoms with van der Waals surface area (Å²) in [4.78, 5) is 6.84. The van der Waals surface area contributed by atoms with E-state index < -0.39 is 6.10 Å². The number of aromatic nitrogens is 2. The van der Waals surface area contributed by atoms with Crippen molar-refractivity contribution in [3.8, 4) is 0 Å². The van der Waals surface area contributed by atoms with E-state index in [4.69, 9.17) is 0 Å². The zero-order chi connectivity index (χ0) is 18.9. The highest BCUT2D eigenvalue weighted by atomic mass is 16.3. The number of aliphatic hydroxyl groups excluding tert-OH is 1. The number of nitrogens with zero attached hydrogens (tertiary/aromatic N) is 3. The van der Waals surface area contributed by atoms with E-state index in [2.05, 4.69) is 39.6 Å². The van der Waals surface area contributed by atoms with Crippen molar-refractivity contribution in [2.45, 2.75) is 56.7 Å². The van der Waals surface area contributed by atoms with Crippen molar-refractivity contribution < 1.29 is 5.11 Å². The monoisotopic (exact) mass is 373 g/mol. The molecular weight excluding hydrogens is 346 g/mol. The molecule has 28 heavy (non-hydrogen) atoms. The second-order valence-corrected chi connectivity index (χ2v) is 9.10. The Balaban J connectivity index is 1.55. The zero-order valence-corrected chi connectivity index (χ0v) is 16.4. The third-order valence-corrected chi connectivity index (χ3v) is 7.26. The fraction of sp³-hybridized carbons (Fsp3) is 0.458. The maximum Gasteiger partial charge on any atom is 0.0970 e. The minimum atomic E-state index is -0.513. The predicted molar refractivity (Wildman–Crippen MR) is 110 cm³/mol. The lowest BCUT2D eigenvalue weighted by molar-refractivity contribution is 0.152. The first-order valence-corrected chi connectivity index (χ1v) is 10.6. The van der Waals surface area contributed by atoms with E-state index >= 15 is 0 Å². The first kappa shape index (κ1) is 16.8. The molecule has 4 heteroatoms. The van der Waals surface area contributed by atoms with Gasteiger partial charge in [-0.1, -0.05) is 11.6 Å². The normalized spacial score (nSPS) is 23.7. The minimum Gasteiger partial charge on any atom is -0.387 e. The van der Waals surface area contributed by atoms with Gasteiger partial charge in [-0.2, -0.15) is 0 Å². The number of hydrogen-bond donors (Lipinski definition) is 1. The molecule has 4 heterocycles. The molecule has 1 saturated heterocycles. The average molecular weight is 374 g/mol. The van der Waals surface area contributed by atoms with Crippen LogP contribution >= 0.6 is 0 Å². The molecule has 0 amide bonds. The molecular formula is C24H27N3O. The Kier molecular flexibility index (Phi) is 3.54. The highest BCUT2D eigenvalue weighted by molar-refractivity contribution is 5.88. The van der Waals surface area contributed by atoms with Crippen LogP contribution in [0.1, 0.15) is 60.2 Å². The maximum absolute atomic E-state index is 11.0. The van der Waals surface area contributed by atoms with Gasteiger partial charge < -0.3 is 9.67 Å². The number of aliphatic hydroxyl groups is 1. The van der Waals surface area contributed by atoms with Crippen LogP contribution in [0.5, 0.6) is 0 Å². The first-order chi connectivity index (χ1) is 13.7. The number of fused-ring (bicyclic) bond motifs is 6. The highest BCUT2D eigenvalue weighted by Gasteiger charge is 2.55. The summed E-state index contributed by atoms with van der Waals surface area (Å²) in [5, 5.41) is 12.4. The Bertz CT molecular complexity index is 1050. The van der Waals surface area contributed by atoms with Crippen LogP contribution in [0.4, 0.5) is 0 Å². The molecule has 2 unspecified atom stereocenters. The Morgan fingerprint density at radius 3 is 2.82 bits per heavy atom. The van der Waals surface area contributed by atoms with E-state index in [0.29, 0.717) is 18.0 Å². The van der Waals surface area contributed by atoms with Gasteiger partial charge in [0.25, 0.3) is 0 Å². The summed E-state index contributed by atoms with van der Waals surface area (Å²) in [6, 6.07) is 11.3. The number of aryl methyl sites for hydroxylation is 1. The summed E-state index contributed by atoms with van der Waals surface area (Å²) in [6.45, 7) is 5.25. The van der Waals surface area contributed by atoms with Crippen LogP contribution in [-0.2, 0) is 12.0 Å². The number of hydrogen-bond acceptors (Lipinski definition) is 3. The smallest absolute Gasteiger partial charge is 0.0970 e. The lowest BCUT2D eigenvalue weighted by Gasteiger charge is -2.37. The molecule has 1 spiro atoms. The van der Waals surface area contributed by atoms with Gasteiger partial charge in [-0.15, -0.1) is 0 Å². The van der Waals surface area contributed by atoms with E-state index in [1.165, 1.54) is 60.9 Å². The van der Waals surface area contributed by atoms with Crippen molar-refractivity contribution in [2.75, 3.05) is 13.1 Å². The fourth-order valence-electron chi connectivity index (χ4n) is 5.81. The van der Waals surface area contributed by atoms with Gasteiger partial charge in [-0.25, -0.2) is 0 Å². The standard InChI is InChI=1S/C24H27N3O/c1-16-4-5-19-18(13-16)22-20-3-2-12-26(20)15-24(8-9-24)23(22)27(19)14-21(28)17-6-10-25-11-7-17/h4-7,10-11,13,20-21,28H,2-3,8-9,12,14-15H2,1H3. The second-order valence-electron chi connectivity index (χ2n) is 9.10. The lowest BCUT2D eigenvalue weighted by atomic mass is 9.87. The number of benzene rings is 1. The van der Waals surface area contributed by atoms with Gasteiger partial charge in [0.05, 0.1) is 12.6 Å². The van der Waals surface area contributed by atoms with Crippen molar-refractivity contribution in [2.24, 2.45) is 0 Å². The molecule has 0 radical (unpaired) electrons. The third kappa shape index (κ3) is 2.34. The molecule has 2 aromatic heterocycles. The Morgan fingerprint density at radius 1 is 1.21 bits per heavy atom. The van der Waals surface area contributed by atoms with E-state index in [-0.39, 0.29) is 0 Å². The van der Waals surface area contributed by atoms with Crippen molar-refractivity contribution in [3.63, 3.8) is 0 Å². The molecule has 144 valence electrons. The van der Waals surface area contributed by atoms with Crippen LogP contribution in [-0.4, -0.2) is 32.6 Å². The van der Waals surface area contributed by atoms with Gasteiger partial charge in [0, 0.05) is 47.0 Å². The topological polar surface area (TPSA) is 41.3 Å². The van der Waals surface area contributed by atoms with E-state index in [1.54, 1.807) is 18.0 Å². The molecule has 2 fully saturated rings. The summed E-state index contributed by atoms with van der Waals surface area (Å²) in [7, 11) is 0. The molecule has 3 aliphatic rings. The average Bonchev–Trinajstić information content (AvgIpc) is 3.18. The Hall–Kier alpha value is -2.17. The van der Waals surface area contributed by atoms with E-state index in [9.17, 15) is 5.11 Å². The first-order valence-electron chi connectivity index (χ1n) is 10.6. The van der Waals surface area contributed by atoms with E-state index in [1.807, 2.05) is 12.1 Å². The van der Waals surface area contributed by atoms with Crippen LogP contribution in [0.25, 0.3) is 10.9 Å². The van der Waals surface area contributed by atoms with Gasteiger partial charge >= 0.3 is 0 Å². The number of rotatable bonds is 3. The van der Waals surface area contributed by atoms with Crippen molar-refractivity contribution in [1.29, 1.82) is 0 Å². The molecule has 1 aliphatic carbocycles. The van der Waals surface area contributed by atoms with Crippen molar-refractivity contribution in [3.05, 3.63) is 65.1 Å². The van der Waals surface area contributed by atoms with Gasteiger partial charge in [-0.05, 0) is 74.5 Å². The van der Waals surface area contributed by atoms with Crippen LogP contribution in [0.2, 0.25) is 0 Å². The molecule has 1 aromatic carbocycles. The van der Waals surface area contributed by atoms with Crippen molar-refractivity contribution >= 4 is 10.9 Å². The fourth-order valence-corrected chi connectivity index (χ4v) is 5.81. The lowest BCUT2D eigenvalue weighted by Crippen LogP contribution is -2.39. The summed E-state index contributed by atoms with van der Waals surface area (Å²) >= 11 is 0. The molecule has 3 aromatic rings. The zero-order valence-electron chi connectivity index (χ0n) is 16.4. The summed E-state index contributed by atoms with van der Waals surface area (Å²) < 4.78 is 2.47.